The second-order valence-corrected chi connectivity index (χ2v) is 6.96. The molecule has 0 aromatic heterocycles. The van der Waals surface area contributed by atoms with Crippen LogP contribution in [0.4, 0.5) is 13.2 Å². The standard InChI is InChI=1S/C5Cl7F3O/c6-1(7)2(8,13)3(1,9)16-5(12,15)4(10,11)14. The van der Waals surface area contributed by atoms with Gasteiger partial charge < -0.3 is 0 Å². The lowest BCUT2D eigenvalue weighted by atomic mass is 10.7. The van der Waals surface area contributed by atoms with Crippen molar-refractivity contribution in [2.24, 2.45) is 0 Å². The predicted molar refractivity (Wildman–Crippen MR) is 59.0 cm³/mol. The minimum atomic E-state index is -3.89. The van der Waals surface area contributed by atoms with Crippen molar-refractivity contribution < 1.29 is 17.9 Å². The molecule has 1 aliphatic carbocycles. The van der Waals surface area contributed by atoms with Gasteiger partial charge in [0, 0.05) is 0 Å². The Morgan fingerprint density at radius 1 is 0.938 bits per heavy atom. The molecule has 0 bridgehead atoms. The highest BCUT2D eigenvalue weighted by atomic mass is 35.5. The molecule has 1 nitrogen and oxygen atoms in total. The Balaban J connectivity index is 2.94. The largest absolute Gasteiger partial charge is 0.352 e. The van der Waals surface area contributed by atoms with Gasteiger partial charge in [-0.1, -0.05) is 69.6 Å². The molecule has 3 unspecified atom stereocenters. The number of ether oxygens (including phenoxy) is 1. The molecule has 0 spiro atoms. The zero-order valence-electron chi connectivity index (χ0n) is 6.69. The third-order valence-corrected chi connectivity index (χ3v) is 5.46. The van der Waals surface area contributed by atoms with E-state index in [1.54, 1.807) is 0 Å². The van der Waals surface area contributed by atoms with Gasteiger partial charge in [0.25, 0.3) is 5.13 Å². The Morgan fingerprint density at radius 2 is 1.25 bits per heavy atom. The van der Waals surface area contributed by atoms with E-state index in [1.165, 1.54) is 0 Å². The summed E-state index contributed by atoms with van der Waals surface area (Å²) in [6.07, 6.45) is 0. The number of halogens is 10. The molecule has 0 aromatic carbocycles. The van der Waals surface area contributed by atoms with Crippen LogP contribution >= 0.6 is 81.2 Å². The monoisotopic (exact) mass is 378 g/mol. The molecular formula is C5Cl7F3O. The first kappa shape index (κ1) is 15.8. The average molecular weight is 381 g/mol. The molecule has 96 valence electrons. The summed E-state index contributed by atoms with van der Waals surface area (Å²) in [4.78, 5) is 0. The minimum Gasteiger partial charge on any atom is -0.298 e. The van der Waals surface area contributed by atoms with Crippen molar-refractivity contribution in [1.29, 1.82) is 0 Å². The van der Waals surface area contributed by atoms with E-state index in [-0.39, 0.29) is 0 Å². The van der Waals surface area contributed by atoms with Crippen LogP contribution in [-0.2, 0) is 4.74 Å². The van der Waals surface area contributed by atoms with E-state index >= 15 is 0 Å². The summed E-state index contributed by atoms with van der Waals surface area (Å²) >= 11 is 35.2. The highest BCUT2D eigenvalue weighted by Crippen LogP contribution is 2.75. The first-order valence-corrected chi connectivity index (χ1v) is 5.94. The Labute approximate surface area is 123 Å². The minimum absolute atomic E-state index is 2.55. The number of rotatable bonds is 3. The van der Waals surface area contributed by atoms with Gasteiger partial charge in [-0.3, -0.25) is 4.74 Å². The molecule has 16 heavy (non-hydrogen) atoms. The van der Waals surface area contributed by atoms with Crippen LogP contribution in [0.5, 0.6) is 0 Å². The van der Waals surface area contributed by atoms with E-state index in [2.05, 4.69) is 4.74 Å². The van der Waals surface area contributed by atoms with Crippen LogP contribution in [0.25, 0.3) is 0 Å². The lowest BCUT2D eigenvalue weighted by molar-refractivity contribution is -0.144. The number of hydrogen-bond donors (Lipinski definition) is 0. The Hall–Kier alpha value is 1.78. The molecule has 3 atom stereocenters. The quantitative estimate of drug-likeness (QED) is 0.626. The summed E-state index contributed by atoms with van der Waals surface area (Å²) in [7, 11) is 0. The zero-order chi connectivity index (χ0) is 13.2. The van der Waals surface area contributed by atoms with E-state index in [1.807, 2.05) is 0 Å². The van der Waals surface area contributed by atoms with Crippen molar-refractivity contribution in [1.82, 2.24) is 0 Å². The lowest BCUT2D eigenvalue weighted by Crippen LogP contribution is -2.41. The summed E-state index contributed by atoms with van der Waals surface area (Å²) in [5.74, 6) is 0. The van der Waals surface area contributed by atoms with Gasteiger partial charge in [0.15, 0.2) is 0 Å². The van der Waals surface area contributed by atoms with Gasteiger partial charge in [-0.2, -0.15) is 8.78 Å². The van der Waals surface area contributed by atoms with Gasteiger partial charge in [-0.25, -0.2) is 4.39 Å². The molecule has 0 aromatic rings. The molecule has 1 fully saturated rings. The highest BCUT2D eigenvalue weighted by Gasteiger charge is 2.93. The van der Waals surface area contributed by atoms with Crippen LogP contribution in [0, 0.1) is 0 Å². The van der Waals surface area contributed by atoms with Crippen LogP contribution in [-0.4, -0.2) is 24.4 Å². The summed E-state index contributed by atoms with van der Waals surface area (Å²) in [6.45, 7) is 0. The molecule has 0 heterocycles. The zero-order valence-corrected chi connectivity index (χ0v) is 12.0. The van der Waals surface area contributed by atoms with Crippen molar-refractivity contribution in [2.45, 2.75) is 24.4 Å². The molecule has 0 radical (unpaired) electrons. The highest BCUT2D eigenvalue weighted by molar-refractivity contribution is 6.65. The first-order chi connectivity index (χ1) is 6.71. The second kappa shape index (κ2) is 3.89. The van der Waals surface area contributed by atoms with E-state index in [4.69, 9.17) is 81.2 Å². The molecule has 1 aliphatic rings. The molecular weight excluding hydrogens is 381 g/mol. The third kappa shape index (κ3) is 1.97. The maximum atomic E-state index is 13.4. The lowest BCUT2D eigenvalue weighted by Gasteiger charge is -2.26. The summed E-state index contributed by atoms with van der Waals surface area (Å²) in [6, 6.07) is 0. The smallest absolute Gasteiger partial charge is 0.298 e. The van der Waals surface area contributed by atoms with E-state index in [0.717, 1.165) is 0 Å². The van der Waals surface area contributed by atoms with Crippen molar-refractivity contribution in [2.75, 3.05) is 0 Å². The fraction of sp³-hybridized carbons (Fsp3) is 1.00. The van der Waals surface area contributed by atoms with E-state index in [0.29, 0.717) is 0 Å². The fourth-order valence-corrected chi connectivity index (χ4v) is 2.31. The normalized spacial score (nSPS) is 41.6. The van der Waals surface area contributed by atoms with Crippen molar-refractivity contribution >= 4 is 81.2 Å². The van der Waals surface area contributed by atoms with Crippen LogP contribution in [0.15, 0.2) is 0 Å². The maximum Gasteiger partial charge on any atom is 0.352 e. The molecule has 0 saturated heterocycles. The maximum absolute atomic E-state index is 13.4. The van der Waals surface area contributed by atoms with Crippen LogP contribution in [0.1, 0.15) is 0 Å². The molecule has 11 heteroatoms. The molecule has 0 aliphatic heterocycles. The number of hydrogen-bond acceptors (Lipinski definition) is 1. The second-order valence-electron chi connectivity index (χ2n) is 2.86. The van der Waals surface area contributed by atoms with Crippen molar-refractivity contribution in [3.63, 3.8) is 0 Å². The Morgan fingerprint density at radius 3 is 1.44 bits per heavy atom. The third-order valence-electron chi connectivity index (χ3n) is 1.74. The van der Waals surface area contributed by atoms with Gasteiger partial charge in [0.1, 0.15) is 0 Å². The summed E-state index contributed by atoms with van der Waals surface area (Å²) in [5.41, 5.74) is 0. The Bertz CT molecular complexity index is 298. The van der Waals surface area contributed by atoms with Gasteiger partial charge in [0.05, 0.1) is 0 Å². The fourth-order valence-electron chi connectivity index (χ4n) is 0.726. The van der Waals surface area contributed by atoms with Crippen molar-refractivity contribution in [3.8, 4) is 0 Å². The summed E-state index contributed by atoms with van der Waals surface area (Å²) in [5, 5.41) is -9.81. The molecule has 1 rings (SSSR count). The first-order valence-electron chi connectivity index (χ1n) is 3.30. The molecule has 0 N–H and O–H groups in total. The van der Waals surface area contributed by atoms with Crippen molar-refractivity contribution in [3.05, 3.63) is 0 Å². The van der Waals surface area contributed by atoms with Gasteiger partial charge in [-0.05, 0) is 11.6 Å². The SMILES string of the molecule is FC(Cl)(Cl)C(F)(Cl)OC1(Cl)C(F)(Cl)C1(Cl)Cl. The van der Waals surface area contributed by atoms with E-state index in [9.17, 15) is 13.2 Å². The van der Waals surface area contributed by atoms with Crippen LogP contribution in [0.3, 0.4) is 0 Å². The Kier molecular flexibility index (Phi) is 3.85. The number of alkyl halides is 10. The van der Waals surface area contributed by atoms with Crippen LogP contribution in [0.2, 0.25) is 0 Å². The van der Waals surface area contributed by atoms with Gasteiger partial charge >= 0.3 is 9.90 Å². The van der Waals surface area contributed by atoms with Crippen LogP contribution < -0.4 is 0 Å². The molecule has 0 amide bonds. The van der Waals surface area contributed by atoms with Gasteiger partial charge in [-0.15, -0.1) is 0 Å². The average Bonchev–Trinajstić information content (AvgIpc) is 2.25. The van der Waals surface area contributed by atoms with E-state index < -0.39 is 24.4 Å². The van der Waals surface area contributed by atoms with Gasteiger partial charge in [0.2, 0.25) is 9.39 Å². The summed E-state index contributed by atoms with van der Waals surface area (Å²) < 4.78 is 37.2. The molecule has 1 saturated carbocycles. The topological polar surface area (TPSA) is 9.23 Å². The predicted octanol–water partition coefficient (Wildman–Crippen LogP) is 4.99.